The van der Waals surface area contributed by atoms with Crippen LogP contribution in [0.5, 0.6) is 0 Å². The monoisotopic (exact) mass is 164 g/mol. The summed E-state index contributed by atoms with van der Waals surface area (Å²) in [6.45, 7) is -0.474. The van der Waals surface area contributed by atoms with E-state index >= 15 is 0 Å². The fourth-order valence-corrected chi connectivity index (χ4v) is 1.08. The molecular formula is C6H13NO4. The van der Waals surface area contributed by atoms with E-state index in [9.17, 15) is 5.11 Å². The van der Waals surface area contributed by atoms with Gasteiger partial charge in [0.25, 0.3) is 0 Å². The van der Waals surface area contributed by atoms with Crippen LogP contribution in [0.4, 0.5) is 0 Å². The van der Waals surface area contributed by atoms with E-state index in [1.807, 2.05) is 0 Å². The summed E-state index contributed by atoms with van der Waals surface area (Å²) in [4.78, 5) is 0. The SMILES string of the molecule is [2H]N1C[C@H](O)[C@@H](O)[C@H](O)[C@H]1CO. The van der Waals surface area contributed by atoms with E-state index in [0.29, 0.717) is 0 Å². The number of hydrogen-bond acceptors (Lipinski definition) is 5. The molecule has 1 aliphatic heterocycles. The Morgan fingerprint density at radius 2 is 2.00 bits per heavy atom. The third kappa shape index (κ3) is 1.69. The van der Waals surface area contributed by atoms with E-state index < -0.39 is 31.0 Å². The van der Waals surface area contributed by atoms with Gasteiger partial charge in [-0.15, -0.1) is 0 Å². The topological polar surface area (TPSA) is 93.0 Å². The van der Waals surface area contributed by atoms with Crippen molar-refractivity contribution < 1.29 is 21.8 Å². The Kier molecular flexibility index (Phi) is 2.35. The van der Waals surface area contributed by atoms with Gasteiger partial charge in [-0.25, -0.2) is 0 Å². The van der Waals surface area contributed by atoms with Crippen LogP contribution in [-0.2, 0) is 0 Å². The molecule has 5 N–H and O–H groups in total. The lowest BCUT2D eigenvalue weighted by atomic mass is 9.97. The Morgan fingerprint density at radius 1 is 1.36 bits per heavy atom. The number of hydrogen-bond donors (Lipinski definition) is 5. The predicted molar refractivity (Wildman–Crippen MR) is 36.9 cm³/mol. The summed E-state index contributed by atoms with van der Waals surface area (Å²) in [5, 5.41) is 37.1. The van der Waals surface area contributed by atoms with Crippen molar-refractivity contribution in [2.24, 2.45) is 0 Å². The number of aliphatic hydroxyl groups is 4. The number of piperidine rings is 1. The highest BCUT2D eigenvalue weighted by Gasteiger charge is 2.35. The molecule has 1 saturated heterocycles. The molecule has 66 valence electrons. The van der Waals surface area contributed by atoms with Crippen molar-refractivity contribution in [3.8, 4) is 0 Å². The maximum absolute atomic E-state index is 9.25. The van der Waals surface area contributed by atoms with Crippen molar-refractivity contribution in [2.45, 2.75) is 24.4 Å². The Morgan fingerprint density at radius 3 is 2.55 bits per heavy atom. The van der Waals surface area contributed by atoms with E-state index in [1.54, 1.807) is 0 Å². The van der Waals surface area contributed by atoms with Gasteiger partial charge in [-0.3, -0.25) is 0 Å². The van der Waals surface area contributed by atoms with Gasteiger partial charge in [0.15, 0.2) is 0 Å². The van der Waals surface area contributed by atoms with Crippen molar-refractivity contribution in [3.05, 3.63) is 0 Å². The van der Waals surface area contributed by atoms with Gasteiger partial charge in [0.05, 0.1) is 24.9 Å². The molecule has 1 rings (SSSR count). The fourth-order valence-electron chi connectivity index (χ4n) is 1.08. The van der Waals surface area contributed by atoms with Crippen molar-refractivity contribution in [1.82, 2.24) is 5.31 Å². The van der Waals surface area contributed by atoms with Crippen LogP contribution in [0, 0.1) is 0 Å². The molecule has 0 aromatic rings. The third-order valence-corrected chi connectivity index (χ3v) is 1.85. The van der Waals surface area contributed by atoms with Gasteiger partial charge in [-0.1, -0.05) is 0 Å². The molecule has 0 amide bonds. The predicted octanol–water partition coefficient (Wildman–Crippen LogP) is -2.97. The van der Waals surface area contributed by atoms with Crippen LogP contribution in [0.15, 0.2) is 0 Å². The molecule has 0 saturated carbocycles. The average molecular weight is 164 g/mol. The first-order chi connectivity index (χ1) is 5.57. The molecule has 1 heterocycles. The van der Waals surface area contributed by atoms with Gasteiger partial charge < -0.3 is 25.7 Å². The van der Waals surface area contributed by atoms with Gasteiger partial charge in [-0.2, -0.15) is 0 Å². The first-order valence-electron chi connectivity index (χ1n) is 3.93. The molecule has 5 nitrogen and oxygen atoms in total. The molecule has 1 aliphatic rings. The standard InChI is InChI=1S/C6H13NO4/c8-2-3-5(10)6(11)4(9)1-7-3/h3-11H,1-2H2/t3-,4+,5-,6-/m1/s1/i/hD. The van der Waals surface area contributed by atoms with Gasteiger partial charge in [0.2, 0.25) is 0 Å². The molecule has 0 aromatic heterocycles. The lowest BCUT2D eigenvalue weighted by Gasteiger charge is -2.34. The molecule has 5 heteroatoms. The summed E-state index contributed by atoms with van der Waals surface area (Å²) in [6, 6.07) is -0.816. The summed E-state index contributed by atoms with van der Waals surface area (Å²) < 4.78 is 7.22. The number of nitrogens with one attached hydrogen (secondary N) is 1. The molecule has 0 unspecified atom stereocenters. The highest BCUT2D eigenvalue weighted by molar-refractivity contribution is 4.91. The Bertz CT molecular complexity index is 158. The second kappa shape index (κ2) is 3.46. The molecule has 1 fully saturated rings. The zero-order valence-electron chi connectivity index (χ0n) is 6.96. The Balaban J connectivity index is 2.65. The van der Waals surface area contributed by atoms with Crippen molar-refractivity contribution in [3.63, 3.8) is 0 Å². The van der Waals surface area contributed by atoms with E-state index in [2.05, 4.69) is 0 Å². The number of β-amino-alcohol motifs (C(OH)–C–C–N with tert-alkyl or cyclic N) is 1. The summed E-state index contributed by atoms with van der Waals surface area (Å²) in [7, 11) is 0. The number of rotatable bonds is 1. The fraction of sp³-hybridized carbons (Fsp3) is 1.00. The van der Waals surface area contributed by atoms with Gasteiger partial charge in [-0.05, 0) is 0 Å². The van der Waals surface area contributed by atoms with Crippen molar-refractivity contribution >= 4 is 0 Å². The summed E-state index contributed by atoms with van der Waals surface area (Å²) in [5.41, 5.74) is 0. The van der Waals surface area contributed by atoms with Gasteiger partial charge in [0, 0.05) is 6.54 Å². The second-order valence-electron chi connectivity index (χ2n) is 2.66. The highest BCUT2D eigenvalue weighted by Crippen LogP contribution is 2.09. The minimum atomic E-state index is -1.27. The zero-order valence-corrected chi connectivity index (χ0v) is 5.96. The maximum atomic E-state index is 9.25. The van der Waals surface area contributed by atoms with Crippen molar-refractivity contribution in [2.75, 3.05) is 13.2 Å². The van der Waals surface area contributed by atoms with E-state index in [-0.39, 0.29) is 6.54 Å². The van der Waals surface area contributed by atoms with E-state index in [1.165, 1.54) is 0 Å². The normalized spacial score (nSPS) is 48.9. The van der Waals surface area contributed by atoms with Crippen LogP contribution in [0.3, 0.4) is 0 Å². The van der Waals surface area contributed by atoms with Crippen LogP contribution in [0.2, 0.25) is 1.41 Å². The Labute approximate surface area is 65.7 Å². The largest absolute Gasteiger partial charge is 0.395 e. The second-order valence-corrected chi connectivity index (χ2v) is 2.66. The van der Waals surface area contributed by atoms with Crippen LogP contribution in [-0.4, -0.2) is 57.9 Å². The van der Waals surface area contributed by atoms with Crippen molar-refractivity contribution in [1.29, 1.82) is 0 Å². The summed E-state index contributed by atoms with van der Waals surface area (Å²) >= 11 is 0. The summed E-state index contributed by atoms with van der Waals surface area (Å²) in [6.07, 6.45) is -3.67. The molecular weight excluding hydrogens is 150 g/mol. The zero-order chi connectivity index (χ0) is 9.30. The third-order valence-electron chi connectivity index (χ3n) is 1.85. The Hall–Kier alpha value is -0.200. The molecule has 0 aliphatic carbocycles. The van der Waals surface area contributed by atoms with E-state index in [4.69, 9.17) is 16.7 Å². The minimum Gasteiger partial charge on any atom is -0.395 e. The lowest BCUT2D eigenvalue weighted by Crippen LogP contribution is -2.60. The van der Waals surface area contributed by atoms with Gasteiger partial charge >= 0.3 is 0 Å². The quantitative estimate of drug-likeness (QED) is 0.285. The summed E-state index contributed by atoms with van der Waals surface area (Å²) in [5.74, 6) is 0. The lowest BCUT2D eigenvalue weighted by molar-refractivity contribution is -0.101. The average Bonchev–Trinajstić information content (AvgIpc) is 2.01. The van der Waals surface area contributed by atoms with Crippen LogP contribution < -0.4 is 5.31 Å². The molecule has 0 spiro atoms. The smallest absolute Gasteiger partial charge is 0.123 e. The minimum absolute atomic E-state index is 0.0660. The number of aliphatic hydroxyl groups excluding tert-OH is 4. The van der Waals surface area contributed by atoms with Crippen LogP contribution in [0.1, 0.15) is 0 Å². The highest BCUT2D eigenvalue weighted by atomic mass is 16.4. The van der Waals surface area contributed by atoms with Crippen LogP contribution >= 0.6 is 0 Å². The molecule has 11 heavy (non-hydrogen) atoms. The first-order valence-corrected chi connectivity index (χ1v) is 3.48. The van der Waals surface area contributed by atoms with Crippen LogP contribution in [0.25, 0.3) is 0 Å². The molecule has 0 bridgehead atoms. The molecule has 0 aromatic carbocycles. The van der Waals surface area contributed by atoms with Gasteiger partial charge in [0.1, 0.15) is 7.52 Å². The first kappa shape index (κ1) is 7.45. The molecule has 4 atom stereocenters. The molecule has 0 radical (unpaired) electrons. The van der Waals surface area contributed by atoms with E-state index in [0.717, 1.165) is 5.31 Å². The maximum Gasteiger partial charge on any atom is 0.123 e.